The summed E-state index contributed by atoms with van der Waals surface area (Å²) in [6.07, 6.45) is 3.35. The average molecular weight is 228 g/mol. The van der Waals surface area contributed by atoms with Crippen molar-refractivity contribution in [1.82, 2.24) is 15.6 Å². The van der Waals surface area contributed by atoms with Gasteiger partial charge in [-0.3, -0.25) is 19.9 Å². The molecule has 6 heteroatoms. The van der Waals surface area contributed by atoms with Gasteiger partial charge in [0.2, 0.25) is 11.8 Å². The lowest BCUT2D eigenvalue weighted by Crippen LogP contribution is -2.49. The lowest BCUT2D eigenvalue weighted by atomic mass is 10.0. The van der Waals surface area contributed by atoms with Gasteiger partial charge in [0.15, 0.2) is 0 Å². The third-order valence-corrected chi connectivity index (χ3v) is 2.95. The van der Waals surface area contributed by atoms with Crippen molar-refractivity contribution in [3.8, 4) is 0 Å². The molecule has 0 aromatic heterocycles. The number of likely N-dealkylation sites (tertiary alicyclic amines) is 1. The lowest BCUT2D eigenvalue weighted by molar-refractivity contribution is -0.128. The quantitative estimate of drug-likeness (QED) is 0.326. The Kier molecular flexibility index (Phi) is 5.21. The summed E-state index contributed by atoms with van der Waals surface area (Å²) in [5.74, 6) is 4.85. The number of likely N-dealkylation sites (N-methyl/N-ethyl adjacent to an activating group) is 1. The second-order valence-corrected chi connectivity index (χ2v) is 3.98. The second kappa shape index (κ2) is 6.44. The number of piperidine rings is 1. The molecule has 4 N–H and O–H groups in total. The molecule has 1 heterocycles. The standard InChI is InChI=1S/C10H20N4O2/c1-12-10(16)8-4-2-3-6-14(8)7-5-9(15)13-11/h8H,2-7,11H2,1H3,(H,12,16)(H,13,15). The van der Waals surface area contributed by atoms with Gasteiger partial charge in [-0.2, -0.15) is 0 Å². The van der Waals surface area contributed by atoms with Crippen LogP contribution in [0.25, 0.3) is 0 Å². The molecule has 1 aliphatic rings. The molecule has 0 bridgehead atoms. The Morgan fingerprint density at radius 2 is 2.19 bits per heavy atom. The molecule has 0 aromatic carbocycles. The minimum Gasteiger partial charge on any atom is -0.358 e. The highest BCUT2D eigenvalue weighted by molar-refractivity contribution is 5.81. The number of hydrogen-bond donors (Lipinski definition) is 3. The predicted octanol–water partition coefficient (Wildman–Crippen LogP) is -1.03. The molecule has 92 valence electrons. The van der Waals surface area contributed by atoms with Crippen LogP contribution in [0, 0.1) is 0 Å². The monoisotopic (exact) mass is 228 g/mol. The number of hydrogen-bond acceptors (Lipinski definition) is 4. The Hall–Kier alpha value is -1.14. The van der Waals surface area contributed by atoms with Crippen molar-refractivity contribution < 1.29 is 9.59 Å². The maximum atomic E-state index is 11.6. The molecule has 6 nitrogen and oxygen atoms in total. The van der Waals surface area contributed by atoms with Crippen LogP contribution < -0.4 is 16.6 Å². The van der Waals surface area contributed by atoms with E-state index in [0.29, 0.717) is 13.0 Å². The lowest BCUT2D eigenvalue weighted by Gasteiger charge is -2.34. The van der Waals surface area contributed by atoms with Crippen LogP contribution in [0.3, 0.4) is 0 Å². The number of hydrazine groups is 1. The van der Waals surface area contributed by atoms with E-state index >= 15 is 0 Å². The summed E-state index contributed by atoms with van der Waals surface area (Å²) >= 11 is 0. The van der Waals surface area contributed by atoms with Gasteiger partial charge in [0.05, 0.1) is 6.04 Å². The van der Waals surface area contributed by atoms with Crippen molar-refractivity contribution in [2.75, 3.05) is 20.1 Å². The zero-order valence-electron chi connectivity index (χ0n) is 9.66. The van der Waals surface area contributed by atoms with Gasteiger partial charge in [-0.05, 0) is 19.4 Å². The van der Waals surface area contributed by atoms with Gasteiger partial charge in [-0.25, -0.2) is 5.84 Å². The van der Waals surface area contributed by atoms with Crippen molar-refractivity contribution in [2.45, 2.75) is 31.7 Å². The van der Waals surface area contributed by atoms with Crippen molar-refractivity contribution in [2.24, 2.45) is 5.84 Å². The largest absolute Gasteiger partial charge is 0.358 e. The van der Waals surface area contributed by atoms with E-state index < -0.39 is 0 Å². The summed E-state index contributed by atoms with van der Waals surface area (Å²) in [4.78, 5) is 24.7. The molecule has 16 heavy (non-hydrogen) atoms. The Balaban J connectivity index is 2.47. The van der Waals surface area contributed by atoms with Gasteiger partial charge in [0.1, 0.15) is 0 Å². The molecule has 1 rings (SSSR count). The van der Waals surface area contributed by atoms with Gasteiger partial charge in [-0.15, -0.1) is 0 Å². The summed E-state index contributed by atoms with van der Waals surface area (Å²) in [5.41, 5.74) is 2.10. The predicted molar refractivity (Wildman–Crippen MR) is 60.2 cm³/mol. The molecule has 0 spiro atoms. The maximum Gasteiger partial charge on any atom is 0.237 e. The van der Waals surface area contributed by atoms with Crippen molar-refractivity contribution >= 4 is 11.8 Å². The molecular weight excluding hydrogens is 208 g/mol. The highest BCUT2D eigenvalue weighted by atomic mass is 16.2. The van der Waals surface area contributed by atoms with Crippen LogP contribution in [-0.2, 0) is 9.59 Å². The number of carbonyl (C=O) groups is 2. The molecule has 1 atom stereocenters. The third kappa shape index (κ3) is 3.46. The van der Waals surface area contributed by atoms with Gasteiger partial charge < -0.3 is 5.32 Å². The molecule has 0 radical (unpaired) electrons. The highest BCUT2D eigenvalue weighted by Gasteiger charge is 2.27. The maximum absolute atomic E-state index is 11.6. The number of rotatable bonds is 4. The summed E-state index contributed by atoms with van der Waals surface area (Å²) in [7, 11) is 1.64. The van der Waals surface area contributed by atoms with Crippen LogP contribution >= 0.6 is 0 Å². The van der Waals surface area contributed by atoms with Gasteiger partial charge in [0.25, 0.3) is 0 Å². The van der Waals surface area contributed by atoms with E-state index in [0.717, 1.165) is 25.8 Å². The molecule has 1 unspecified atom stereocenters. The van der Waals surface area contributed by atoms with E-state index in [1.54, 1.807) is 7.05 Å². The SMILES string of the molecule is CNC(=O)C1CCCCN1CCC(=O)NN. The molecule has 1 fully saturated rings. The van der Waals surface area contributed by atoms with E-state index in [4.69, 9.17) is 5.84 Å². The molecule has 0 saturated carbocycles. The Bertz CT molecular complexity index is 257. The molecule has 1 saturated heterocycles. The fraction of sp³-hybridized carbons (Fsp3) is 0.800. The van der Waals surface area contributed by atoms with Crippen LogP contribution in [0.4, 0.5) is 0 Å². The summed E-state index contributed by atoms with van der Waals surface area (Å²) < 4.78 is 0. The zero-order valence-corrected chi connectivity index (χ0v) is 9.66. The van der Waals surface area contributed by atoms with Gasteiger partial charge in [0, 0.05) is 20.0 Å². The molecule has 2 amide bonds. The smallest absolute Gasteiger partial charge is 0.237 e. The first-order valence-electron chi connectivity index (χ1n) is 5.64. The van der Waals surface area contributed by atoms with E-state index in [1.807, 2.05) is 0 Å². The van der Waals surface area contributed by atoms with Crippen molar-refractivity contribution in [1.29, 1.82) is 0 Å². The van der Waals surface area contributed by atoms with E-state index in [2.05, 4.69) is 15.6 Å². The Morgan fingerprint density at radius 1 is 1.44 bits per heavy atom. The number of nitrogens with two attached hydrogens (primary N) is 1. The minimum absolute atomic E-state index is 0.0351. The van der Waals surface area contributed by atoms with Crippen molar-refractivity contribution in [3.05, 3.63) is 0 Å². The zero-order chi connectivity index (χ0) is 12.0. The fourth-order valence-electron chi connectivity index (χ4n) is 2.04. The first kappa shape index (κ1) is 12.9. The highest BCUT2D eigenvalue weighted by Crippen LogP contribution is 2.17. The number of amides is 2. The van der Waals surface area contributed by atoms with Crippen LogP contribution in [0.1, 0.15) is 25.7 Å². The van der Waals surface area contributed by atoms with Gasteiger partial charge in [-0.1, -0.05) is 6.42 Å². The second-order valence-electron chi connectivity index (χ2n) is 3.98. The molecule has 0 aliphatic carbocycles. The third-order valence-electron chi connectivity index (χ3n) is 2.95. The van der Waals surface area contributed by atoms with Crippen LogP contribution in [0.15, 0.2) is 0 Å². The Labute approximate surface area is 95.5 Å². The van der Waals surface area contributed by atoms with Crippen molar-refractivity contribution in [3.63, 3.8) is 0 Å². The summed E-state index contributed by atoms with van der Waals surface area (Å²) in [6, 6.07) is -0.0932. The molecule has 0 aromatic rings. The summed E-state index contributed by atoms with van der Waals surface area (Å²) in [6.45, 7) is 1.46. The molecule has 1 aliphatic heterocycles. The van der Waals surface area contributed by atoms with Crippen LogP contribution in [0.2, 0.25) is 0 Å². The van der Waals surface area contributed by atoms with Gasteiger partial charge >= 0.3 is 0 Å². The van der Waals surface area contributed by atoms with Crippen LogP contribution in [-0.4, -0.2) is 42.9 Å². The average Bonchev–Trinajstić information content (AvgIpc) is 2.35. The van der Waals surface area contributed by atoms with E-state index in [-0.39, 0.29) is 17.9 Å². The first-order valence-corrected chi connectivity index (χ1v) is 5.64. The normalized spacial score (nSPS) is 21.5. The summed E-state index contributed by atoms with van der Waals surface area (Å²) in [5, 5.41) is 2.66. The number of carbonyl (C=O) groups excluding carboxylic acids is 2. The minimum atomic E-state index is -0.193. The first-order chi connectivity index (χ1) is 7.69. The van der Waals surface area contributed by atoms with E-state index in [1.165, 1.54) is 0 Å². The molecular formula is C10H20N4O2. The number of nitrogens with zero attached hydrogens (tertiary/aromatic N) is 1. The fourth-order valence-corrected chi connectivity index (χ4v) is 2.04. The van der Waals surface area contributed by atoms with E-state index in [9.17, 15) is 9.59 Å². The number of nitrogens with one attached hydrogen (secondary N) is 2. The Morgan fingerprint density at radius 3 is 2.81 bits per heavy atom. The topological polar surface area (TPSA) is 87.5 Å². The van der Waals surface area contributed by atoms with Crippen LogP contribution in [0.5, 0.6) is 0 Å².